The van der Waals surface area contributed by atoms with Crippen LogP contribution in [0, 0.1) is 0 Å². The highest BCUT2D eigenvalue weighted by molar-refractivity contribution is 9.13. The summed E-state index contributed by atoms with van der Waals surface area (Å²) in [4.78, 5) is 17.6. The summed E-state index contributed by atoms with van der Waals surface area (Å²) in [7, 11) is 1.72. The second-order valence-corrected chi connectivity index (χ2v) is 7.94. The first-order valence-electron chi connectivity index (χ1n) is 6.57. The molecule has 2 heterocycles. The van der Waals surface area contributed by atoms with Crippen molar-refractivity contribution in [2.75, 3.05) is 46.4 Å². The average molecular weight is 426 g/mol. The maximum Gasteiger partial charge on any atom is 0.264 e. The summed E-state index contributed by atoms with van der Waals surface area (Å²) >= 11 is 8.36. The van der Waals surface area contributed by atoms with Crippen LogP contribution in [-0.2, 0) is 4.74 Å². The van der Waals surface area contributed by atoms with Gasteiger partial charge in [-0.1, -0.05) is 0 Å². The van der Waals surface area contributed by atoms with Crippen LogP contribution in [-0.4, -0.2) is 62.1 Å². The Labute approximate surface area is 140 Å². The molecule has 2 rings (SSSR count). The van der Waals surface area contributed by atoms with Gasteiger partial charge in [-0.05, 0) is 50.9 Å². The molecule has 20 heavy (non-hydrogen) atoms. The zero-order chi connectivity index (χ0) is 14.5. The third kappa shape index (κ3) is 4.27. The molecule has 1 aromatic rings. The molecular formula is C13H18Br2N2O2S. The molecule has 1 fully saturated rings. The Kier molecular flexibility index (Phi) is 6.48. The number of thiophene rings is 1. The van der Waals surface area contributed by atoms with E-state index in [2.05, 4.69) is 36.8 Å². The molecule has 0 bridgehead atoms. The van der Waals surface area contributed by atoms with Crippen LogP contribution >= 0.6 is 43.2 Å². The molecule has 1 aliphatic rings. The van der Waals surface area contributed by atoms with Gasteiger partial charge in [0.2, 0.25) is 0 Å². The zero-order valence-corrected chi connectivity index (χ0v) is 15.4. The quantitative estimate of drug-likeness (QED) is 0.743. The van der Waals surface area contributed by atoms with Crippen molar-refractivity contribution in [2.24, 2.45) is 0 Å². The van der Waals surface area contributed by atoms with Gasteiger partial charge in [-0.2, -0.15) is 0 Å². The van der Waals surface area contributed by atoms with Gasteiger partial charge in [0.25, 0.3) is 5.91 Å². The number of carbonyl (C=O) groups is 1. The van der Waals surface area contributed by atoms with Crippen LogP contribution < -0.4 is 0 Å². The number of rotatable bonds is 4. The maximum atomic E-state index is 12.5. The second kappa shape index (κ2) is 7.89. The van der Waals surface area contributed by atoms with E-state index in [0.717, 1.165) is 58.9 Å². The molecule has 0 aromatic carbocycles. The van der Waals surface area contributed by atoms with Crippen molar-refractivity contribution in [1.82, 2.24) is 9.80 Å². The van der Waals surface area contributed by atoms with Crippen molar-refractivity contribution in [3.8, 4) is 0 Å². The van der Waals surface area contributed by atoms with Crippen molar-refractivity contribution < 1.29 is 9.53 Å². The van der Waals surface area contributed by atoms with Crippen molar-refractivity contribution >= 4 is 49.1 Å². The minimum Gasteiger partial charge on any atom is -0.383 e. The van der Waals surface area contributed by atoms with Gasteiger partial charge in [0.15, 0.2) is 0 Å². The fourth-order valence-electron chi connectivity index (χ4n) is 2.23. The monoisotopic (exact) mass is 424 g/mol. The van der Waals surface area contributed by atoms with Crippen LogP contribution in [0.3, 0.4) is 0 Å². The minimum atomic E-state index is 0.134. The number of halogens is 2. The second-order valence-electron chi connectivity index (χ2n) is 4.71. The number of ether oxygens (including phenoxy) is 1. The predicted octanol–water partition coefficient (Wildman–Crippen LogP) is 3.07. The van der Waals surface area contributed by atoms with Crippen LogP contribution in [0.1, 0.15) is 16.1 Å². The van der Waals surface area contributed by atoms with Crippen molar-refractivity contribution in [1.29, 1.82) is 0 Å². The lowest BCUT2D eigenvalue weighted by Gasteiger charge is -2.21. The molecule has 0 spiro atoms. The van der Waals surface area contributed by atoms with E-state index in [9.17, 15) is 4.79 Å². The Morgan fingerprint density at radius 3 is 2.80 bits per heavy atom. The van der Waals surface area contributed by atoms with E-state index < -0.39 is 0 Å². The molecule has 1 saturated heterocycles. The Morgan fingerprint density at radius 1 is 1.35 bits per heavy atom. The van der Waals surface area contributed by atoms with Gasteiger partial charge >= 0.3 is 0 Å². The molecule has 1 aromatic heterocycles. The topological polar surface area (TPSA) is 32.8 Å². The molecule has 0 N–H and O–H groups in total. The number of carbonyl (C=O) groups excluding carboxylic acids is 1. The van der Waals surface area contributed by atoms with Gasteiger partial charge in [0.1, 0.15) is 0 Å². The van der Waals surface area contributed by atoms with E-state index in [1.54, 1.807) is 7.11 Å². The van der Waals surface area contributed by atoms with E-state index in [1.165, 1.54) is 11.3 Å². The summed E-state index contributed by atoms with van der Waals surface area (Å²) in [6, 6.07) is 1.89. The normalized spacial score (nSPS) is 17.2. The molecule has 0 atom stereocenters. The highest BCUT2D eigenvalue weighted by Gasteiger charge is 2.22. The number of nitrogens with zero attached hydrogens (tertiary/aromatic N) is 2. The molecule has 7 heteroatoms. The Balaban J connectivity index is 1.94. The standard InChI is InChI=1S/C13H18Br2N2O2S/c1-19-8-7-16-3-2-4-17(6-5-16)13(18)11-9-10(14)12(15)20-11/h9H,2-8H2,1H3. The van der Waals surface area contributed by atoms with Crippen LogP contribution in [0.4, 0.5) is 0 Å². The lowest BCUT2D eigenvalue weighted by molar-refractivity contribution is 0.0764. The highest BCUT2D eigenvalue weighted by atomic mass is 79.9. The third-order valence-corrected chi connectivity index (χ3v) is 6.59. The average Bonchev–Trinajstić information content (AvgIpc) is 2.66. The van der Waals surface area contributed by atoms with E-state index in [0.29, 0.717) is 0 Å². The zero-order valence-electron chi connectivity index (χ0n) is 11.4. The van der Waals surface area contributed by atoms with Crippen LogP contribution in [0.15, 0.2) is 14.3 Å². The molecule has 1 amide bonds. The van der Waals surface area contributed by atoms with Crippen LogP contribution in [0.5, 0.6) is 0 Å². The largest absolute Gasteiger partial charge is 0.383 e. The van der Waals surface area contributed by atoms with Crippen molar-refractivity contribution in [3.05, 3.63) is 19.2 Å². The van der Waals surface area contributed by atoms with Crippen LogP contribution in [0.2, 0.25) is 0 Å². The molecule has 0 saturated carbocycles. The SMILES string of the molecule is COCCN1CCCN(C(=O)c2cc(Br)c(Br)s2)CC1. The summed E-state index contributed by atoms with van der Waals surface area (Å²) in [5.74, 6) is 0.134. The number of hydrogen-bond acceptors (Lipinski definition) is 4. The molecule has 4 nitrogen and oxygen atoms in total. The fourth-order valence-corrected chi connectivity index (χ4v) is 4.23. The smallest absolute Gasteiger partial charge is 0.264 e. The number of hydrogen-bond donors (Lipinski definition) is 0. The summed E-state index contributed by atoms with van der Waals surface area (Å²) in [5.41, 5.74) is 0. The lowest BCUT2D eigenvalue weighted by atomic mass is 10.3. The molecular weight excluding hydrogens is 408 g/mol. The molecule has 0 aliphatic carbocycles. The Morgan fingerprint density at radius 2 is 2.15 bits per heavy atom. The molecule has 1 aliphatic heterocycles. The first kappa shape index (κ1) is 16.4. The Hall–Kier alpha value is 0.0500. The number of methoxy groups -OCH3 is 1. The minimum absolute atomic E-state index is 0.134. The lowest BCUT2D eigenvalue weighted by Crippen LogP contribution is -2.35. The predicted molar refractivity (Wildman–Crippen MR) is 88.6 cm³/mol. The van der Waals surface area contributed by atoms with Gasteiger partial charge in [0, 0.05) is 37.8 Å². The third-order valence-electron chi connectivity index (χ3n) is 3.34. The van der Waals surface area contributed by atoms with Gasteiger partial charge in [-0.15, -0.1) is 11.3 Å². The Bertz CT molecular complexity index is 448. The fraction of sp³-hybridized carbons (Fsp3) is 0.615. The van der Waals surface area contributed by atoms with Gasteiger partial charge in [0.05, 0.1) is 15.3 Å². The maximum absolute atomic E-state index is 12.5. The van der Waals surface area contributed by atoms with Gasteiger partial charge in [-0.3, -0.25) is 9.69 Å². The summed E-state index contributed by atoms with van der Waals surface area (Å²) in [6.45, 7) is 5.26. The molecule has 112 valence electrons. The van der Waals surface area contributed by atoms with Gasteiger partial charge in [-0.25, -0.2) is 0 Å². The first-order chi connectivity index (χ1) is 9.61. The van der Waals surface area contributed by atoms with Crippen molar-refractivity contribution in [3.63, 3.8) is 0 Å². The van der Waals surface area contributed by atoms with E-state index >= 15 is 0 Å². The van der Waals surface area contributed by atoms with Crippen LogP contribution in [0.25, 0.3) is 0 Å². The molecule has 0 unspecified atom stereocenters. The van der Waals surface area contributed by atoms with E-state index in [1.807, 2.05) is 11.0 Å². The summed E-state index contributed by atoms with van der Waals surface area (Å²) in [5, 5.41) is 0. The van der Waals surface area contributed by atoms with E-state index in [-0.39, 0.29) is 5.91 Å². The van der Waals surface area contributed by atoms with Gasteiger partial charge < -0.3 is 9.64 Å². The first-order valence-corrected chi connectivity index (χ1v) is 8.97. The summed E-state index contributed by atoms with van der Waals surface area (Å²) < 4.78 is 7.03. The van der Waals surface area contributed by atoms with Crippen molar-refractivity contribution in [2.45, 2.75) is 6.42 Å². The summed E-state index contributed by atoms with van der Waals surface area (Å²) in [6.07, 6.45) is 1.02. The number of amides is 1. The highest BCUT2D eigenvalue weighted by Crippen LogP contribution is 2.33. The van der Waals surface area contributed by atoms with E-state index in [4.69, 9.17) is 4.74 Å². The molecule has 0 radical (unpaired) electrons.